The minimum Gasteiger partial charge on any atom is -0.459 e. The van der Waals surface area contributed by atoms with Gasteiger partial charge in [0.05, 0.1) is 6.26 Å². The Morgan fingerprint density at radius 1 is 0.897 bits per heavy atom. The fourth-order valence-electron chi connectivity index (χ4n) is 2.64. The standard InChI is InChI=1S/C22H20N2O5/c25-20(23-17-10-5-2-6-11-17)15-29-22(27)18(14-16-8-3-1-4-9-16)24-21(26)19-12-7-13-28-19/h1-13,18H,14-15H2,(H,23,25)(H,24,26). The van der Waals surface area contributed by atoms with Crippen LogP contribution >= 0.6 is 0 Å². The lowest BCUT2D eigenvalue weighted by molar-refractivity contribution is -0.149. The summed E-state index contributed by atoms with van der Waals surface area (Å²) < 4.78 is 10.2. The maximum Gasteiger partial charge on any atom is 0.329 e. The quantitative estimate of drug-likeness (QED) is 0.575. The summed E-state index contributed by atoms with van der Waals surface area (Å²) in [5.74, 6) is -1.64. The van der Waals surface area contributed by atoms with Gasteiger partial charge in [-0.3, -0.25) is 9.59 Å². The minimum absolute atomic E-state index is 0.0812. The van der Waals surface area contributed by atoms with Crippen molar-refractivity contribution in [3.8, 4) is 0 Å². The number of para-hydroxylation sites is 1. The number of benzene rings is 2. The number of amides is 2. The van der Waals surface area contributed by atoms with Gasteiger partial charge in [-0.15, -0.1) is 0 Å². The zero-order valence-corrected chi connectivity index (χ0v) is 15.5. The van der Waals surface area contributed by atoms with Gasteiger partial charge in [0.2, 0.25) is 0 Å². The highest BCUT2D eigenvalue weighted by Gasteiger charge is 2.25. The van der Waals surface area contributed by atoms with E-state index in [1.165, 1.54) is 12.3 Å². The van der Waals surface area contributed by atoms with Gasteiger partial charge >= 0.3 is 5.97 Å². The molecule has 2 amide bonds. The van der Waals surface area contributed by atoms with E-state index in [-0.39, 0.29) is 12.2 Å². The predicted molar refractivity (Wildman–Crippen MR) is 106 cm³/mol. The third kappa shape index (κ3) is 6.07. The van der Waals surface area contributed by atoms with E-state index in [0.29, 0.717) is 5.69 Å². The van der Waals surface area contributed by atoms with Crippen molar-refractivity contribution in [2.75, 3.05) is 11.9 Å². The molecule has 1 unspecified atom stereocenters. The fraction of sp³-hybridized carbons (Fsp3) is 0.136. The van der Waals surface area contributed by atoms with E-state index in [4.69, 9.17) is 9.15 Å². The van der Waals surface area contributed by atoms with Crippen molar-refractivity contribution >= 4 is 23.5 Å². The van der Waals surface area contributed by atoms with Crippen molar-refractivity contribution < 1.29 is 23.5 Å². The van der Waals surface area contributed by atoms with Crippen molar-refractivity contribution in [1.82, 2.24) is 5.32 Å². The molecule has 2 aromatic carbocycles. The molecule has 0 fully saturated rings. The van der Waals surface area contributed by atoms with Crippen LogP contribution in [0.25, 0.3) is 0 Å². The summed E-state index contributed by atoms with van der Waals surface area (Å²) >= 11 is 0. The van der Waals surface area contributed by atoms with Gasteiger partial charge in [0.25, 0.3) is 11.8 Å². The van der Waals surface area contributed by atoms with Gasteiger partial charge in [0, 0.05) is 12.1 Å². The lowest BCUT2D eigenvalue weighted by Crippen LogP contribution is -2.44. The van der Waals surface area contributed by atoms with Crippen LogP contribution < -0.4 is 10.6 Å². The summed E-state index contributed by atoms with van der Waals surface area (Å²) in [4.78, 5) is 36.9. The summed E-state index contributed by atoms with van der Waals surface area (Å²) in [6.45, 7) is -0.463. The Hall–Kier alpha value is -3.87. The molecular formula is C22H20N2O5. The first kappa shape index (κ1) is 19.9. The Morgan fingerprint density at radius 2 is 1.59 bits per heavy atom. The van der Waals surface area contributed by atoms with Crippen LogP contribution in [0, 0.1) is 0 Å². The Labute approximate surface area is 167 Å². The summed E-state index contributed by atoms with van der Waals surface area (Å²) in [6.07, 6.45) is 1.58. The third-order valence-corrected chi connectivity index (χ3v) is 4.02. The monoisotopic (exact) mass is 392 g/mol. The van der Waals surface area contributed by atoms with Crippen LogP contribution in [0.3, 0.4) is 0 Å². The van der Waals surface area contributed by atoms with Crippen LogP contribution in [-0.4, -0.2) is 30.4 Å². The molecule has 3 aromatic rings. The molecule has 1 heterocycles. The fourth-order valence-corrected chi connectivity index (χ4v) is 2.64. The molecule has 0 aliphatic heterocycles. The van der Waals surface area contributed by atoms with E-state index in [2.05, 4.69) is 10.6 Å². The highest BCUT2D eigenvalue weighted by molar-refractivity contribution is 5.96. The molecule has 0 aliphatic carbocycles. The highest BCUT2D eigenvalue weighted by atomic mass is 16.5. The number of hydrogen-bond acceptors (Lipinski definition) is 5. The lowest BCUT2D eigenvalue weighted by atomic mass is 10.1. The van der Waals surface area contributed by atoms with Crippen LogP contribution in [0.15, 0.2) is 83.5 Å². The first-order valence-corrected chi connectivity index (χ1v) is 9.01. The number of nitrogens with one attached hydrogen (secondary N) is 2. The third-order valence-electron chi connectivity index (χ3n) is 4.02. The zero-order valence-electron chi connectivity index (χ0n) is 15.5. The van der Waals surface area contributed by atoms with Gasteiger partial charge in [-0.2, -0.15) is 0 Å². The number of carbonyl (C=O) groups excluding carboxylic acids is 3. The van der Waals surface area contributed by atoms with Crippen molar-refractivity contribution in [2.24, 2.45) is 0 Å². The van der Waals surface area contributed by atoms with Gasteiger partial charge in [-0.05, 0) is 29.8 Å². The second-order valence-electron chi connectivity index (χ2n) is 6.21. The minimum atomic E-state index is -0.973. The number of anilines is 1. The molecule has 1 atom stereocenters. The average molecular weight is 392 g/mol. The van der Waals surface area contributed by atoms with Crippen LogP contribution in [0.1, 0.15) is 16.1 Å². The number of esters is 1. The molecule has 3 rings (SSSR count). The summed E-state index contributed by atoms with van der Waals surface area (Å²) in [5, 5.41) is 5.23. The van der Waals surface area contributed by atoms with Crippen LogP contribution in [0.4, 0.5) is 5.69 Å². The van der Waals surface area contributed by atoms with E-state index in [9.17, 15) is 14.4 Å². The van der Waals surface area contributed by atoms with Gasteiger partial charge in [0.1, 0.15) is 6.04 Å². The topological polar surface area (TPSA) is 97.6 Å². The Kier molecular flexibility index (Phi) is 6.78. The van der Waals surface area contributed by atoms with E-state index in [1.807, 2.05) is 36.4 Å². The van der Waals surface area contributed by atoms with E-state index in [1.54, 1.807) is 30.3 Å². The SMILES string of the molecule is O=C(COC(=O)C(Cc1ccccc1)NC(=O)c1ccco1)Nc1ccccc1. The van der Waals surface area contributed by atoms with Gasteiger partial charge in [-0.1, -0.05) is 48.5 Å². The molecular weight excluding hydrogens is 372 g/mol. The molecule has 0 bridgehead atoms. The normalized spacial score (nSPS) is 11.3. The second-order valence-corrected chi connectivity index (χ2v) is 6.21. The molecule has 0 spiro atoms. The number of hydrogen-bond donors (Lipinski definition) is 2. The Balaban J connectivity index is 1.61. The number of rotatable bonds is 8. The smallest absolute Gasteiger partial charge is 0.329 e. The zero-order chi connectivity index (χ0) is 20.5. The molecule has 7 nitrogen and oxygen atoms in total. The van der Waals surface area contributed by atoms with E-state index >= 15 is 0 Å². The van der Waals surface area contributed by atoms with Gasteiger partial charge in [0.15, 0.2) is 12.4 Å². The Bertz CT molecular complexity index is 940. The number of carbonyl (C=O) groups is 3. The van der Waals surface area contributed by atoms with Crippen LogP contribution in [0.5, 0.6) is 0 Å². The molecule has 148 valence electrons. The van der Waals surface area contributed by atoms with Crippen LogP contribution in [0.2, 0.25) is 0 Å². The van der Waals surface area contributed by atoms with Crippen molar-refractivity contribution in [1.29, 1.82) is 0 Å². The maximum atomic E-state index is 12.6. The molecule has 1 aromatic heterocycles. The average Bonchev–Trinajstić information content (AvgIpc) is 3.28. The van der Waals surface area contributed by atoms with Gasteiger partial charge < -0.3 is 19.8 Å². The van der Waals surface area contributed by atoms with Crippen molar-refractivity contribution in [2.45, 2.75) is 12.5 Å². The molecule has 0 radical (unpaired) electrons. The summed E-state index contributed by atoms with van der Waals surface area (Å²) in [6, 6.07) is 20.1. The molecule has 7 heteroatoms. The highest BCUT2D eigenvalue weighted by Crippen LogP contribution is 2.08. The Morgan fingerprint density at radius 3 is 2.24 bits per heavy atom. The van der Waals surface area contributed by atoms with Crippen molar-refractivity contribution in [3.05, 3.63) is 90.4 Å². The molecule has 29 heavy (non-hydrogen) atoms. The molecule has 0 saturated heterocycles. The maximum absolute atomic E-state index is 12.6. The van der Waals surface area contributed by atoms with Gasteiger partial charge in [-0.25, -0.2) is 4.79 Å². The first-order valence-electron chi connectivity index (χ1n) is 9.01. The predicted octanol–water partition coefficient (Wildman–Crippen LogP) is 2.80. The second kappa shape index (κ2) is 9.89. The first-order chi connectivity index (χ1) is 14.1. The number of ether oxygens (including phenoxy) is 1. The summed E-state index contributed by atoms with van der Waals surface area (Å²) in [5.41, 5.74) is 1.43. The lowest BCUT2D eigenvalue weighted by Gasteiger charge is -2.17. The molecule has 0 saturated carbocycles. The van der Waals surface area contributed by atoms with Crippen LogP contribution in [-0.2, 0) is 20.7 Å². The molecule has 2 N–H and O–H groups in total. The summed E-state index contributed by atoms with van der Waals surface area (Å²) in [7, 11) is 0. The largest absolute Gasteiger partial charge is 0.459 e. The molecule has 0 aliphatic rings. The van der Waals surface area contributed by atoms with E-state index < -0.39 is 30.4 Å². The van der Waals surface area contributed by atoms with E-state index in [0.717, 1.165) is 5.56 Å². The van der Waals surface area contributed by atoms with Crippen molar-refractivity contribution in [3.63, 3.8) is 0 Å². The number of furan rings is 1.